The van der Waals surface area contributed by atoms with Crippen LogP contribution in [0.4, 0.5) is 5.69 Å². The van der Waals surface area contributed by atoms with Crippen molar-refractivity contribution in [2.24, 2.45) is 5.73 Å². The molecule has 1 aliphatic rings. The Morgan fingerprint density at radius 1 is 1.31 bits per heavy atom. The smallest absolute Gasteiger partial charge is 0.268 e. The number of fused-ring (bicyclic) bond motifs is 1. The van der Waals surface area contributed by atoms with Gasteiger partial charge in [0.2, 0.25) is 5.91 Å². The predicted molar refractivity (Wildman–Crippen MR) is 113 cm³/mol. The zero-order valence-electron chi connectivity index (χ0n) is 17.2. The van der Waals surface area contributed by atoms with Crippen molar-refractivity contribution < 1.29 is 9.59 Å². The Kier molecular flexibility index (Phi) is 5.88. The maximum atomic E-state index is 13.2. The number of hydrogen-bond acceptors (Lipinski definition) is 3. The van der Waals surface area contributed by atoms with Gasteiger partial charge in [0.15, 0.2) is 0 Å². The van der Waals surface area contributed by atoms with E-state index < -0.39 is 5.91 Å². The first-order chi connectivity index (χ1) is 13.9. The highest BCUT2D eigenvalue weighted by molar-refractivity contribution is 6.12. The van der Waals surface area contributed by atoms with Crippen molar-refractivity contribution in [1.82, 2.24) is 4.57 Å². The first-order valence-electron chi connectivity index (χ1n) is 9.91. The monoisotopic (exact) mass is 390 g/mol. The van der Waals surface area contributed by atoms with E-state index >= 15 is 0 Å². The fraction of sp³-hybridized carbons (Fsp3) is 0.348. The number of nitrogens with two attached hydrogens (primary N) is 1. The number of rotatable bonds is 5. The van der Waals surface area contributed by atoms with E-state index in [4.69, 9.17) is 5.73 Å². The average Bonchev–Trinajstić information content (AvgIpc) is 2.98. The van der Waals surface area contributed by atoms with Crippen LogP contribution in [-0.4, -0.2) is 22.9 Å². The lowest BCUT2D eigenvalue weighted by molar-refractivity contribution is -0.114. The molecule has 0 spiro atoms. The van der Waals surface area contributed by atoms with Gasteiger partial charge >= 0.3 is 0 Å². The molecule has 0 bridgehead atoms. The molecule has 0 saturated heterocycles. The van der Waals surface area contributed by atoms with Crippen molar-refractivity contribution in [3.63, 3.8) is 0 Å². The Bertz CT molecular complexity index is 1040. The third-order valence-corrected chi connectivity index (χ3v) is 5.47. The van der Waals surface area contributed by atoms with Crippen molar-refractivity contribution in [1.29, 1.82) is 5.26 Å². The average molecular weight is 390 g/mol. The molecule has 0 fully saturated rings. The van der Waals surface area contributed by atoms with E-state index in [0.717, 1.165) is 35.5 Å². The second-order valence-corrected chi connectivity index (χ2v) is 7.38. The van der Waals surface area contributed by atoms with Gasteiger partial charge in [0.25, 0.3) is 5.91 Å². The van der Waals surface area contributed by atoms with E-state index in [-0.39, 0.29) is 11.5 Å². The molecule has 2 aromatic rings. The van der Waals surface area contributed by atoms with Crippen LogP contribution in [0.25, 0.3) is 6.08 Å². The molecule has 1 aliphatic heterocycles. The quantitative estimate of drug-likeness (QED) is 0.625. The van der Waals surface area contributed by atoms with Crippen LogP contribution in [0.2, 0.25) is 0 Å². The summed E-state index contributed by atoms with van der Waals surface area (Å²) in [5, 5.41) is 9.70. The summed E-state index contributed by atoms with van der Waals surface area (Å²) in [7, 11) is 0. The Morgan fingerprint density at radius 3 is 2.72 bits per heavy atom. The van der Waals surface area contributed by atoms with Crippen LogP contribution in [0, 0.1) is 25.2 Å². The van der Waals surface area contributed by atoms with Crippen molar-refractivity contribution in [3.8, 4) is 6.07 Å². The molecule has 29 heavy (non-hydrogen) atoms. The molecule has 150 valence electrons. The summed E-state index contributed by atoms with van der Waals surface area (Å²) in [6.07, 6.45) is 4.08. The molecule has 0 aliphatic carbocycles. The lowest BCUT2D eigenvalue weighted by Gasteiger charge is -2.30. The van der Waals surface area contributed by atoms with E-state index in [9.17, 15) is 14.9 Å². The van der Waals surface area contributed by atoms with Gasteiger partial charge in [-0.2, -0.15) is 5.26 Å². The van der Waals surface area contributed by atoms with Crippen LogP contribution < -0.4 is 10.6 Å². The minimum absolute atomic E-state index is 0.0825. The SMILES string of the molecule is CCCn1c(C)cc(/C=C(/C#N)C(=O)N2CCCc3c(C(N)=O)cccc32)c1C. The lowest BCUT2D eigenvalue weighted by atomic mass is 9.95. The van der Waals surface area contributed by atoms with Gasteiger partial charge in [-0.25, -0.2) is 0 Å². The topological polar surface area (TPSA) is 92.1 Å². The van der Waals surface area contributed by atoms with Gasteiger partial charge in [-0.15, -0.1) is 0 Å². The van der Waals surface area contributed by atoms with Gasteiger partial charge in [-0.05, 0) is 68.5 Å². The Balaban J connectivity index is 2.00. The van der Waals surface area contributed by atoms with Crippen LogP contribution in [0.15, 0.2) is 29.8 Å². The Morgan fingerprint density at radius 2 is 2.07 bits per heavy atom. The first kappa shape index (κ1) is 20.4. The molecule has 2 N–H and O–H groups in total. The fourth-order valence-electron chi connectivity index (χ4n) is 4.05. The molecule has 3 rings (SSSR count). The van der Waals surface area contributed by atoms with Gasteiger partial charge in [-0.3, -0.25) is 9.59 Å². The summed E-state index contributed by atoms with van der Waals surface area (Å²) >= 11 is 0. The number of aryl methyl sites for hydroxylation is 1. The van der Waals surface area contributed by atoms with Crippen molar-refractivity contribution >= 4 is 23.6 Å². The highest BCUT2D eigenvalue weighted by atomic mass is 16.2. The van der Waals surface area contributed by atoms with Gasteiger partial charge < -0.3 is 15.2 Å². The Labute approximate surface area is 171 Å². The number of benzene rings is 1. The van der Waals surface area contributed by atoms with Gasteiger partial charge in [-0.1, -0.05) is 13.0 Å². The van der Waals surface area contributed by atoms with E-state index in [1.807, 2.05) is 19.9 Å². The van der Waals surface area contributed by atoms with Crippen LogP contribution in [0.3, 0.4) is 0 Å². The first-order valence-corrected chi connectivity index (χ1v) is 9.91. The second kappa shape index (κ2) is 8.36. The fourth-order valence-corrected chi connectivity index (χ4v) is 4.05. The molecule has 0 atom stereocenters. The normalized spacial score (nSPS) is 13.7. The van der Waals surface area contributed by atoms with E-state index in [2.05, 4.69) is 17.6 Å². The molecule has 2 amide bonds. The molecule has 1 aromatic carbocycles. The largest absolute Gasteiger partial charge is 0.366 e. The number of anilines is 1. The van der Waals surface area contributed by atoms with E-state index in [1.165, 1.54) is 0 Å². The minimum Gasteiger partial charge on any atom is -0.366 e. The molecule has 0 radical (unpaired) electrons. The zero-order valence-corrected chi connectivity index (χ0v) is 17.2. The number of carbonyl (C=O) groups is 2. The highest BCUT2D eigenvalue weighted by Gasteiger charge is 2.27. The lowest BCUT2D eigenvalue weighted by Crippen LogP contribution is -2.37. The van der Waals surface area contributed by atoms with Crippen molar-refractivity contribution in [3.05, 3.63) is 57.9 Å². The standard InChI is InChI=1S/C23H26N4O2/c1-4-10-26-15(2)12-17(16(26)3)13-18(14-24)23(29)27-11-6-8-19-20(22(25)28)7-5-9-21(19)27/h5,7,9,12-13H,4,6,8,10-11H2,1-3H3,(H2,25,28)/b18-13-. The second-order valence-electron chi connectivity index (χ2n) is 7.38. The zero-order chi connectivity index (χ0) is 21.1. The van der Waals surface area contributed by atoms with Crippen LogP contribution >= 0.6 is 0 Å². The number of amides is 2. The summed E-state index contributed by atoms with van der Waals surface area (Å²) in [6.45, 7) is 7.55. The number of primary amides is 1. The highest BCUT2D eigenvalue weighted by Crippen LogP contribution is 2.31. The number of aromatic nitrogens is 1. The minimum atomic E-state index is -0.504. The molecule has 6 nitrogen and oxygen atoms in total. The Hall–Kier alpha value is -3.33. The third-order valence-electron chi connectivity index (χ3n) is 5.47. The molecule has 2 heterocycles. The van der Waals surface area contributed by atoms with Gasteiger partial charge in [0.1, 0.15) is 11.6 Å². The number of hydrogen-bond donors (Lipinski definition) is 1. The molecule has 1 aromatic heterocycles. The number of nitriles is 1. The predicted octanol–water partition coefficient (Wildman–Crippen LogP) is 3.50. The summed E-state index contributed by atoms with van der Waals surface area (Å²) < 4.78 is 2.20. The van der Waals surface area contributed by atoms with E-state index in [0.29, 0.717) is 30.6 Å². The number of nitrogens with zero attached hydrogens (tertiary/aromatic N) is 3. The maximum Gasteiger partial charge on any atom is 0.268 e. The molecule has 0 saturated carbocycles. The number of carbonyl (C=O) groups excluding carboxylic acids is 2. The third kappa shape index (κ3) is 3.81. The van der Waals surface area contributed by atoms with E-state index in [1.54, 1.807) is 29.2 Å². The molecule has 6 heteroatoms. The molecular formula is C23H26N4O2. The maximum absolute atomic E-state index is 13.2. The summed E-state index contributed by atoms with van der Waals surface area (Å²) in [5.74, 6) is -0.856. The van der Waals surface area contributed by atoms with Crippen LogP contribution in [0.1, 0.15) is 52.6 Å². The molecular weight excluding hydrogens is 364 g/mol. The summed E-state index contributed by atoms with van der Waals surface area (Å²) in [4.78, 5) is 26.6. The van der Waals surface area contributed by atoms with Crippen LogP contribution in [-0.2, 0) is 17.8 Å². The van der Waals surface area contributed by atoms with Crippen molar-refractivity contribution in [2.45, 2.75) is 46.6 Å². The summed E-state index contributed by atoms with van der Waals surface area (Å²) in [5.41, 5.74) is 10.5. The van der Waals surface area contributed by atoms with Gasteiger partial charge in [0, 0.05) is 35.7 Å². The van der Waals surface area contributed by atoms with Crippen LogP contribution in [0.5, 0.6) is 0 Å². The summed E-state index contributed by atoms with van der Waals surface area (Å²) in [6, 6.07) is 9.28. The molecule has 0 unspecified atom stereocenters. The van der Waals surface area contributed by atoms with Crippen molar-refractivity contribution in [2.75, 3.05) is 11.4 Å². The van der Waals surface area contributed by atoms with Gasteiger partial charge in [0.05, 0.1) is 0 Å².